The van der Waals surface area contributed by atoms with E-state index in [0.717, 1.165) is 21.3 Å². The summed E-state index contributed by atoms with van der Waals surface area (Å²) in [5, 5.41) is 2.86. The molecule has 0 aliphatic heterocycles. The van der Waals surface area contributed by atoms with Crippen LogP contribution in [0.25, 0.3) is 6.08 Å². The highest BCUT2D eigenvalue weighted by atomic mass is 79.9. The Morgan fingerprint density at radius 1 is 1.13 bits per heavy atom. The van der Waals surface area contributed by atoms with Gasteiger partial charge in [-0.1, -0.05) is 34.1 Å². The van der Waals surface area contributed by atoms with Crippen molar-refractivity contribution in [1.82, 2.24) is 0 Å². The number of amides is 1. The van der Waals surface area contributed by atoms with Crippen LogP contribution in [0.15, 0.2) is 46.9 Å². The van der Waals surface area contributed by atoms with Crippen molar-refractivity contribution in [2.75, 3.05) is 19.5 Å². The zero-order valence-electron chi connectivity index (χ0n) is 13.2. The number of hydrogen-bond donors (Lipinski definition) is 1. The minimum absolute atomic E-state index is 0.212. The van der Waals surface area contributed by atoms with Gasteiger partial charge in [-0.2, -0.15) is 0 Å². The summed E-state index contributed by atoms with van der Waals surface area (Å²) in [6, 6.07) is 11.2. The molecule has 2 aromatic rings. The van der Waals surface area contributed by atoms with Gasteiger partial charge >= 0.3 is 0 Å². The number of carbonyl (C=O) groups is 1. The molecule has 0 fully saturated rings. The van der Waals surface area contributed by atoms with Crippen LogP contribution in [0.2, 0.25) is 0 Å². The second-order valence-corrected chi connectivity index (χ2v) is 5.67. The van der Waals surface area contributed by atoms with E-state index >= 15 is 0 Å². The van der Waals surface area contributed by atoms with Crippen LogP contribution in [0.4, 0.5) is 5.69 Å². The second-order valence-electron chi connectivity index (χ2n) is 4.82. The highest BCUT2D eigenvalue weighted by molar-refractivity contribution is 9.10. The van der Waals surface area contributed by atoms with E-state index in [2.05, 4.69) is 21.2 Å². The van der Waals surface area contributed by atoms with Gasteiger partial charge in [-0.3, -0.25) is 4.79 Å². The SMILES string of the molecule is COc1cccc(C=CC(=O)Nc2cccc(Br)c2C)c1OC. The van der Waals surface area contributed by atoms with Gasteiger partial charge in [0.25, 0.3) is 0 Å². The molecule has 2 rings (SSSR count). The number of benzene rings is 2. The molecular formula is C18H18BrNO3. The van der Waals surface area contributed by atoms with Crippen molar-refractivity contribution in [3.63, 3.8) is 0 Å². The van der Waals surface area contributed by atoms with Gasteiger partial charge < -0.3 is 14.8 Å². The van der Waals surface area contributed by atoms with E-state index in [0.29, 0.717) is 11.5 Å². The Bertz CT molecular complexity index is 741. The molecule has 120 valence electrons. The largest absolute Gasteiger partial charge is 0.493 e. The summed E-state index contributed by atoms with van der Waals surface area (Å²) in [5.74, 6) is 1.01. The van der Waals surface area contributed by atoms with Gasteiger partial charge in [0.05, 0.1) is 14.2 Å². The van der Waals surface area contributed by atoms with Gasteiger partial charge in [0.2, 0.25) is 5.91 Å². The second kappa shape index (κ2) is 7.83. The fraction of sp³-hybridized carbons (Fsp3) is 0.167. The maximum absolute atomic E-state index is 12.1. The summed E-state index contributed by atoms with van der Waals surface area (Å²) in [6.07, 6.45) is 3.17. The van der Waals surface area contributed by atoms with Crippen LogP contribution >= 0.6 is 15.9 Å². The molecule has 0 spiro atoms. The first-order valence-electron chi connectivity index (χ1n) is 7.02. The summed E-state index contributed by atoms with van der Waals surface area (Å²) in [4.78, 5) is 12.1. The average molecular weight is 376 g/mol. The molecule has 1 amide bonds. The highest BCUT2D eigenvalue weighted by Crippen LogP contribution is 2.31. The number of halogens is 1. The minimum Gasteiger partial charge on any atom is -0.493 e. The first-order valence-corrected chi connectivity index (χ1v) is 7.81. The molecule has 23 heavy (non-hydrogen) atoms. The Labute approximate surface area is 144 Å². The summed E-state index contributed by atoms with van der Waals surface area (Å²) >= 11 is 3.45. The molecule has 0 bridgehead atoms. The number of para-hydroxylation sites is 1. The molecule has 0 heterocycles. The number of ether oxygens (including phenoxy) is 2. The van der Waals surface area contributed by atoms with Gasteiger partial charge in [0.15, 0.2) is 11.5 Å². The van der Waals surface area contributed by atoms with Crippen LogP contribution in [0.1, 0.15) is 11.1 Å². The molecule has 4 nitrogen and oxygen atoms in total. The van der Waals surface area contributed by atoms with E-state index in [-0.39, 0.29) is 5.91 Å². The Morgan fingerprint density at radius 2 is 1.87 bits per heavy atom. The Morgan fingerprint density at radius 3 is 2.57 bits per heavy atom. The highest BCUT2D eigenvalue weighted by Gasteiger charge is 2.08. The lowest BCUT2D eigenvalue weighted by molar-refractivity contribution is -0.111. The number of hydrogen-bond acceptors (Lipinski definition) is 3. The van der Waals surface area contributed by atoms with E-state index in [1.54, 1.807) is 26.4 Å². The molecule has 0 aliphatic rings. The van der Waals surface area contributed by atoms with Crippen molar-refractivity contribution in [3.05, 3.63) is 58.1 Å². The first-order chi connectivity index (χ1) is 11.1. The standard InChI is InChI=1S/C18H18BrNO3/c1-12-14(19)7-5-8-15(12)20-17(21)11-10-13-6-4-9-16(22-2)18(13)23-3/h4-11H,1-3H3,(H,20,21). The van der Waals surface area contributed by atoms with Crippen molar-refractivity contribution in [2.45, 2.75) is 6.92 Å². The quantitative estimate of drug-likeness (QED) is 0.786. The Kier molecular flexibility index (Phi) is 5.82. The topological polar surface area (TPSA) is 47.6 Å². The maximum Gasteiger partial charge on any atom is 0.248 e. The molecule has 0 saturated heterocycles. The van der Waals surface area contributed by atoms with Crippen LogP contribution in [0, 0.1) is 6.92 Å². The van der Waals surface area contributed by atoms with Gasteiger partial charge in [0, 0.05) is 21.8 Å². The van der Waals surface area contributed by atoms with E-state index < -0.39 is 0 Å². The molecule has 1 N–H and O–H groups in total. The molecule has 0 atom stereocenters. The lowest BCUT2D eigenvalue weighted by Gasteiger charge is -2.10. The van der Waals surface area contributed by atoms with E-state index in [1.165, 1.54) is 6.08 Å². The molecule has 0 radical (unpaired) electrons. The van der Waals surface area contributed by atoms with Crippen molar-refractivity contribution in [1.29, 1.82) is 0 Å². The summed E-state index contributed by atoms with van der Waals surface area (Å²) < 4.78 is 11.5. The normalized spacial score (nSPS) is 10.6. The number of rotatable bonds is 5. The smallest absolute Gasteiger partial charge is 0.248 e. The number of nitrogens with one attached hydrogen (secondary N) is 1. The van der Waals surface area contributed by atoms with E-state index in [4.69, 9.17) is 9.47 Å². The third kappa shape index (κ3) is 4.13. The van der Waals surface area contributed by atoms with Crippen molar-refractivity contribution in [3.8, 4) is 11.5 Å². The van der Waals surface area contributed by atoms with Gasteiger partial charge in [-0.15, -0.1) is 0 Å². The molecule has 0 aromatic heterocycles. The Hall–Kier alpha value is -2.27. The van der Waals surface area contributed by atoms with Crippen molar-refractivity contribution >= 4 is 33.6 Å². The van der Waals surface area contributed by atoms with Crippen LogP contribution in [-0.2, 0) is 4.79 Å². The van der Waals surface area contributed by atoms with Crippen LogP contribution in [0.3, 0.4) is 0 Å². The van der Waals surface area contributed by atoms with Crippen molar-refractivity contribution in [2.24, 2.45) is 0 Å². The third-order valence-corrected chi connectivity index (χ3v) is 4.23. The van der Waals surface area contributed by atoms with Crippen LogP contribution in [-0.4, -0.2) is 20.1 Å². The summed E-state index contributed by atoms with van der Waals surface area (Å²) in [7, 11) is 3.15. The minimum atomic E-state index is -0.212. The molecule has 2 aromatic carbocycles. The zero-order chi connectivity index (χ0) is 16.8. The third-order valence-electron chi connectivity index (χ3n) is 3.37. The van der Waals surface area contributed by atoms with Gasteiger partial charge in [0.1, 0.15) is 0 Å². The number of carbonyl (C=O) groups excluding carboxylic acids is 1. The lowest BCUT2D eigenvalue weighted by Crippen LogP contribution is -2.09. The number of anilines is 1. The molecular weight excluding hydrogens is 358 g/mol. The monoisotopic (exact) mass is 375 g/mol. The lowest BCUT2D eigenvalue weighted by atomic mass is 10.1. The first kappa shape index (κ1) is 17.1. The van der Waals surface area contributed by atoms with Crippen LogP contribution < -0.4 is 14.8 Å². The fourth-order valence-corrected chi connectivity index (χ4v) is 2.49. The molecule has 0 aliphatic carbocycles. The fourth-order valence-electron chi connectivity index (χ4n) is 2.13. The molecule has 0 saturated carbocycles. The summed E-state index contributed by atoms with van der Waals surface area (Å²) in [5.41, 5.74) is 2.52. The Balaban J connectivity index is 2.17. The predicted molar refractivity (Wildman–Crippen MR) is 96.1 cm³/mol. The van der Waals surface area contributed by atoms with Gasteiger partial charge in [-0.05, 0) is 36.8 Å². The molecule has 5 heteroatoms. The van der Waals surface area contributed by atoms with E-state index in [9.17, 15) is 4.79 Å². The molecule has 0 unspecified atom stereocenters. The predicted octanol–water partition coefficient (Wildman–Crippen LogP) is 4.43. The average Bonchev–Trinajstić information content (AvgIpc) is 2.56. The van der Waals surface area contributed by atoms with Crippen LogP contribution in [0.5, 0.6) is 11.5 Å². The number of methoxy groups -OCH3 is 2. The van der Waals surface area contributed by atoms with Gasteiger partial charge in [-0.25, -0.2) is 0 Å². The summed E-state index contributed by atoms with van der Waals surface area (Å²) in [6.45, 7) is 1.94. The maximum atomic E-state index is 12.1. The van der Waals surface area contributed by atoms with Crippen molar-refractivity contribution < 1.29 is 14.3 Å². The zero-order valence-corrected chi connectivity index (χ0v) is 14.8. The van der Waals surface area contributed by atoms with E-state index in [1.807, 2.05) is 37.3 Å².